The van der Waals surface area contributed by atoms with Crippen molar-refractivity contribution in [1.29, 1.82) is 0 Å². The SMILES string of the molecule is CCCNC(=O)c1c(N)n(-c2ccc(Cl)cc2)c2nc3ccccc3nc12. The molecule has 4 aromatic rings. The highest BCUT2D eigenvalue weighted by Gasteiger charge is 2.24. The minimum atomic E-state index is -0.253. The van der Waals surface area contributed by atoms with Crippen molar-refractivity contribution >= 4 is 45.5 Å². The number of fused-ring (bicyclic) bond motifs is 2. The molecule has 0 aliphatic heterocycles. The molecule has 0 spiro atoms. The third-order valence-electron chi connectivity index (χ3n) is 4.35. The number of rotatable bonds is 4. The number of benzene rings is 2. The van der Waals surface area contributed by atoms with Crippen LogP contribution in [0.1, 0.15) is 23.7 Å². The van der Waals surface area contributed by atoms with Gasteiger partial charge in [0.1, 0.15) is 16.9 Å². The Morgan fingerprint density at radius 2 is 1.78 bits per heavy atom. The average molecular weight is 380 g/mol. The first-order chi connectivity index (χ1) is 13.1. The number of nitrogen functional groups attached to an aromatic ring is 1. The molecular formula is C20H18ClN5O. The van der Waals surface area contributed by atoms with Crippen molar-refractivity contribution in [1.82, 2.24) is 19.9 Å². The van der Waals surface area contributed by atoms with Crippen molar-refractivity contribution in [3.8, 4) is 5.69 Å². The zero-order chi connectivity index (χ0) is 19.0. The first-order valence-electron chi connectivity index (χ1n) is 8.71. The van der Waals surface area contributed by atoms with Crippen LogP contribution < -0.4 is 11.1 Å². The number of para-hydroxylation sites is 2. The van der Waals surface area contributed by atoms with E-state index < -0.39 is 0 Å². The second-order valence-electron chi connectivity index (χ2n) is 6.21. The number of hydrogen-bond donors (Lipinski definition) is 2. The Balaban J connectivity index is 2.03. The van der Waals surface area contributed by atoms with Gasteiger partial charge < -0.3 is 11.1 Å². The molecule has 0 radical (unpaired) electrons. The predicted molar refractivity (Wildman–Crippen MR) is 108 cm³/mol. The topological polar surface area (TPSA) is 85.8 Å². The molecule has 0 aliphatic rings. The minimum absolute atomic E-state index is 0.253. The summed E-state index contributed by atoms with van der Waals surface area (Å²) in [5.41, 5.74) is 9.98. The molecule has 0 fully saturated rings. The van der Waals surface area contributed by atoms with E-state index in [1.54, 1.807) is 16.7 Å². The second kappa shape index (κ2) is 6.89. The van der Waals surface area contributed by atoms with Crippen LogP contribution in [0.5, 0.6) is 0 Å². The lowest BCUT2D eigenvalue weighted by Gasteiger charge is -2.08. The van der Waals surface area contributed by atoms with E-state index in [1.165, 1.54) is 0 Å². The quantitative estimate of drug-likeness (QED) is 0.562. The highest BCUT2D eigenvalue weighted by Crippen LogP contribution is 2.31. The van der Waals surface area contributed by atoms with E-state index in [0.717, 1.165) is 17.6 Å². The van der Waals surface area contributed by atoms with Gasteiger partial charge in [-0.05, 0) is 42.8 Å². The highest BCUT2D eigenvalue weighted by atomic mass is 35.5. The Hall–Kier alpha value is -3.12. The van der Waals surface area contributed by atoms with Crippen LogP contribution in [0.25, 0.3) is 27.9 Å². The van der Waals surface area contributed by atoms with Crippen LogP contribution in [0, 0.1) is 0 Å². The first-order valence-corrected chi connectivity index (χ1v) is 9.08. The van der Waals surface area contributed by atoms with E-state index in [2.05, 4.69) is 10.3 Å². The van der Waals surface area contributed by atoms with Gasteiger partial charge in [0.2, 0.25) is 0 Å². The highest BCUT2D eigenvalue weighted by molar-refractivity contribution is 6.30. The molecule has 0 aliphatic carbocycles. The monoisotopic (exact) mass is 379 g/mol. The summed E-state index contributed by atoms with van der Waals surface area (Å²) >= 11 is 6.02. The van der Waals surface area contributed by atoms with E-state index in [1.807, 2.05) is 43.3 Å². The molecule has 0 atom stereocenters. The molecule has 2 heterocycles. The maximum absolute atomic E-state index is 12.8. The maximum Gasteiger partial charge on any atom is 0.257 e. The van der Waals surface area contributed by atoms with Gasteiger partial charge in [0.05, 0.1) is 11.0 Å². The Morgan fingerprint density at radius 3 is 2.44 bits per heavy atom. The van der Waals surface area contributed by atoms with Crippen LogP contribution in [0.4, 0.5) is 5.82 Å². The molecule has 27 heavy (non-hydrogen) atoms. The van der Waals surface area contributed by atoms with E-state index in [9.17, 15) is 4.79 Å². The number of halogens is 1. The van der Waals surface area contributed by atoms with Crippen molar-refractivity contribution < 1.29 is 4.79 Å². The molecule has 136 valence electrons. The normalized spacial score (nSPS) is 11.2. The number of aromatic nitrogens is 3. The molecule has 0 saturated heterocycles. The zero-order valence-electron chi connectivity index (χ0n) is 14.7. The summed E-state index contributed by atoms with van der Waals surface area (Å²) in [7, 11) is 0. The van der Waals surface area contributed by atoms with Crippen molar-refractivity contribution in [3.63, 3.8) is 0 Å². The molecule has 0 saturated carbocycles. The molecular weight excluding hydrogens is 362 g/mol. The van der Waals surface area contributed by atoms with Crippen LogP contribution in [0.15, 0.2) is 48.5 Å². The number of carbonyl (C=O) groups is 1. The molecule has 2 aromatic heterocycles. The number of nitrogens with one attached hydrogen (secondary N) is 1. The van der Waals surface area contributed by atoms with Crippen molar-refractivity contribution in [2.45, 2.75) is 13.3 Å². The first kappa shape index (κ1) is 17.3. The van der Waals surface area contributed by atoms with Crippen LogP contribution >= 0.6 is 11.6 Å². The van der Waals surface area contributed by atoms with Gasteiger partial charge in [0.25, 0.3) is 5.91 Å². The number of nitrogens with two attached hydrogens (primary N) is 1. The number of hydrogen-bond acceptors (Lipinski definition) is 4. The number of carbonyl (C=O) groups excluding carboxylic acids is 1. The Morgan fingerprint density at radius 1 is 1.11 bits per heavy atom. The molecule has 0 bridgehead atoms. The molecule has 3 N–H and O–H groups in total. The number of anilines is 1. The summed E-state index contributed by atoms with van der Waals surface area (Å²) in [5, 5.41) is 3.50. The summed E-state index contributed by atoms with van der Waals surface area (Å²) in [5.74, 6) is 0.0490. The molecule has 4 rings (SSSR count). The second-order valence-corrected chi connectivity index (χ2v) is 6.65. The van der Waals surface area contributed by atoms with Gasteiger partial charge in [0.15, 0.2) is 5.65 Å². The third kappa shape index (κ3) is 2.98. The van der Waals surface area contributed by atoms with E-state index in [4.69, 9.17) is 22.3 Å². The van der Waals surface area contributed by atoms with Gasteiger partial charge >= 0.3 is 0 Å². The fourth-order valence-electron chi connectivity index (χ4n) is 3.06. The zero-order valence-corrected chi connectivity index (χ0v) is 15.5. The average Bonchev–Trinajstić information content (AvgIpc) is 2.96. The lowest BCUT2D eigenvalue weighted by Crippen LogP contribution is -2.25. The maximum atomic E-state index is 12.8. The predicted octanol–water partition coefficient (Wildman–Crippen LogP) is 3.95. The lowest BCUT2D eigenvalue weighted by molar-refractivity contribution is 0.0956. The third-order valence-corrected chi connectivity index (χ3v) is 4.60. The number of amides is 1. The molecule has 7 heteroatoms. The van der Waals surface area contributed by atoms with Gasteiger partial charge in [-0.1, -0.05) is 30.7 Å². The number of nitrogens with zero attached hydrogens (tertiary/aromatic N) is 3. The summed E-state index contributed by atoms with van der Waals surface area (Å²) in [6, 6.07) is 14.8. The Bertz CT molecular complexity index is 1150. The van der Waals surface area contributed by atoms with E-state index in [0.29, 0.717) is 39.6 Å². The Labute approximate surface area is 161 Å². The summed E-state index contributed by atoms with van der Waals surface area (Å²) in [6.07, 6.45) is 0.829. The van der Waals surface area contributed by atoms with Gasteiger partial charge in [0, 0.05) is 17.3 Å². The molecule has 2 aromatic carbocycles. The summed E-state index contributed by atoms with van der Waals surface area (Å²) in [4.78, 5) is 22.2. The standard InChI is InChI=1S/C20H18ClN5O/c1-2-11-23-20(27)16-17-19(25-15-6-4-3-5-14(15)24-17)26(18(16)22)13-9-7-12(21)8-10-13/h3-10H,2,11,22H2,1H3,(H,23,27). The van der Waals surface area contributed by atoms with Crippen molar-refractivity contribution in [2.24, 2.45) is 0 Å². The van der Waals surface area contributed by atoms with Gasteiger partial charge in [-0.3, -0.25) is 9.36 Å². The summed E-state index contributed by atoms with van der Waals surface area (Å²) in [6.45, 7) is 2.56. The largest absolute Gasteiger partial charge is 0.384 e. The van der Waals surface area contributed by atoms with E-state index >= 15 is 0 Å². The fraction of sp³-hybridized carbons (Fsp3) is 0.150. The van der Waals surface area contributed by atoms with Crippen LogP contribution in [0.2, 0.25) is 5.02 Å². The van der Waals surface area contributed by atoms with Gasteiger partial charge in [-0.2, -0.15) is 0 Å². The van der Waals surface area contributed by atoms with Crippen molar-refractivity contribution in [3.05, 3.63) is 59.1 Å². The van der Waals surface area contributed by atoms with Gasteiger partial charge in [-0.25, -0.2) is 9.97 Å². The molecule has 1 amide bonds. The smallest absolute Gasteiger partial charge is 0.257 e. The van der Waals surface area contributed by atoms with Crippen molar-refractivity contribution in [2.75, 3.05) is 12.3 Å². The van der Waals surface area contributed by atoms with Gasteiger partial charge in [-0.15, -0.1) is 0 Å². The molecule has 0 unspecified atom stereocenters. The lowest BCUT2D eigenvalue weighted by atomic mass is 10.2. The minimum Gasteiger partial charge on any atom is -0.384 e. The van der Waals surface area contributed by atoms with Crippen LogP contribution in [-0.2, 0) is 0 Å². The summed E-state index contributed by atoms with van der Waals surface area (Å²) < 4.78 is 1.74. The molecule has 6 nitrogen and oxygen atoms in total. The van der Waals surface area contributed by atoms with Crippen LogP contribution in [-0.4, -0.2) is 27.0 Å². The fourth-order valence-corrected chi connectivity index (χ4v) is 3.19. The Kier molecular flexibility index (Phi) is 4.41. The van der Waals surface area contributed by atoms with E-state index in [-0.39, 0.29) is 5.91 Å². The van der Waals surface area contributed by atoms with Crippen LogP contribution in [0.3, 0.4) is 0 Å².